The van der Waals surface area contributed by atoms with Gasteiger partial charge in [0.15, 0.2) is 11.5 Å². The van der Waals surface area contributed by atoms with Crippen LogP contribution in [0.15, 0.2) is 12.7 Å². The summed E-state index contributed by atoms with van der Waals surface area (Å²) in [6, 6.07) is 2.42. The van der Waals surface area contributed by atoms with Crippen molar-refractivity contribution in [2.75, 3.05) is 11.4 Å². The van der Waals surface area contributed by atoms with Crippen LogP contribution in [0.5, 0.6) is 0 Å². The van der Waals surface area contributed by atoms with Crippen LogP contribution in [0.4, 0.5) is 5.82 Å². The van der Waals surface area contributed by atoms with Gasteiger partial charge in [-0.3, -0.25) is 0 Å². The number of nitriles is 1. The van der Waals surface area contributed by atoms with E-state index in [9.17, 15) is 0 Å². The molecule has 2 heterocycles. The Bertz CT molecular complexity index is 538. The lowest BCUT2D eigenvalue weighted by molar-refractivity contribution is 0.678. The van der Waals surface area contributed by atoms with Crippen molar-refractivity contribution in [1.29, 1.82) is 5.26 Å². The largest absolute Gasteiger partial charge is 0.351 e. The Kier molecular flexibility index (Phi) is 3.19. The fourth-order valence-electron chi connectivity index (χ4n) is 1.75. The summed E-state index contributed by atoms with van der Waals surface area (Å²) in [5.41, 5.74) is 1.47. The predicted octanol–water partition coefficient (Wildman–Crippen LogP) is 1.48. The topological polar surface area (TPSA) is 81.5 Å². The highest BCUT2D eigenvalue weighted by Crippen LogP contribution is 2.21. The molecule has 1 N–H and O–H groups in total. The molecule has 2 rings (SSSR count). The Hall–Kier alpha value is -2.16. The molecule has 17 heavy (non-hydrogen) atoms. The van der Waals surface area contributed by atoms with Gasteiger partial charge in [0.1, 0.15) is 11.8 Å². The smallest absolute Gasteiger partial charge is 0.182 e. The molecule has 0 aliphatic rings. The molecular formula is C11H14N6. The van der Waals surface area contributed by atoms with Crippen molar-refractivity contribution in [3.63, 3.8) is 0 Å². The average molecular weight is 230 g/mol. The van der Waals surface area contributed by atoms with E-state index in [2.05, 4.69) is 44.8 Å². The number of anilines is 1. The number of aromatic nitrogens is 4. The fourth-order valence-corrected chi connectivity index (χ4v) is 1.75. The maximum atomic E-state index is 8.69. The van der Waals surface area contributed by atoms with Crippen molar-refractivity contribution in [2.45, 2.75) is 26.3 Å². The summed E-state index contributed by atoms with van der Waals surface area (Å²) < 4.78 is 0. The third-order valence-electron chi connectivity index (χ3n) is 2.56. The average Bonchev–Trinajstić information content (AvgIpc) is 2.77. The Morgan fingerprint density at radius 3 is 2.94 bits per heavy atom. The maximum Gasteiger partial charge on any atom is 0.182 e. The molecule has 0 atom stereocenters. The van der Waals surface area contributed by atoms with Gasteiger partial charge in [-0.25, -0.2) is 15.0 Å². The van der Waals surface area contributed by atoms with Gasteiger partial charge in [-0.15, -0.1) is 0 Å². The Morgan fingerprint density at radius 2 is 2.24 bits per heavy atom. The van der Waals surface area contributed by atoms with E-state index in [0.717, 1.165) is 11.3 Å². The van der Waals surface area contributed by atoms with Gasteiger partial charge in [0.2, 0.25) is 0 Å². The van der Waals surface area contributed by atoms with Crippen LogP contribution in [0.1, 0.15) is 20.3 Å². The van der Waals surface area contributed by atoms with E-state index in [0.29, 0.717) is 18.6 Å². The minimum Gasteiger partial charge on any atom is -0.351 e. The van der Waals surface area contributed by atoms with Crippen molar-refractivity contribution in [3.05, 3.63) is 12.7 Å². The highest BCUT2D eigenvalue weighted by molar-refractivity contribution is 5.82. The number of aromatic amines is 1. The van der Waals surface area contributed by atoms with E-state index in [-0.39, 0.29) is 6.04 Å². The van der Waals surface area contributed by atoms with E-state index in [1.54, 1.807) is 6.33 Å². The van der Waals surface area contributed by atoms with Crippen molar-refractivity contribution in [2.24, 2.45) is 0 Å². The van der Waals surface area contributed by atoms with Crippen LogP contribution in [0.25, 0.3) is 11.2 Å². The number of hydrogen-bond donors (Lipinski definition) is 1. The fraction of sp³-hybridized carbons (Fsp3) is 0.455. The summed E-state index contributed by atoms with van der Waals surface area (Å²) in [7, 11) is 0. The summed E-state index contributed by atoms with van der Waals surface area (Å²) in [4.78, 5) is 17.6. The molecule has 88 valence electrons. The molecule has 0 aromatic carbocycles. The van der Waals surface area contributed by atoms with E-state index < -0.39 is 0 Å². The van der Waals surface area contributed by atoms with E-state index in [1.807, 2.05) is 0 Å². The van der Waals surface area contributed by atoms with Gasteiger partial charge in [-0.05, 0) is 13.8 Å². The molecular weight excluding hydrogens is 216 g/mol. The molecule has 0 bridgehead atoms. The number of nitrogens with zero attached hydrogens (tertiary/aromatic N) is 5. The monoisotopic (exact) mass is 230 g/mol. The number of hydrogen-bond acceptors (Lipinski definition) is 5. The first kappa shape index (κ1) is 11.3. The first-order valence-electron chi connectivity index (χ1n) is 5.51. The molecule has 2 aromatic rings. The van der Waals surface area contributed by atoms with Gasteiger partial charge < -0.3 is 9.88 Å². The van der Waals surface area contributed by atoms with Crippen LogP contribution >= 0.6 is 0 Å². The minimum atomic E-state index is 0.268. The zero-order chi connectivity index (χ0) is 12.3. The highest BCUT2D eigenvalue weighted by atomic mass is 15.2. The summed E-state index contributed by atoms with van der Waals surface area (Å²) in [6.45, 7) is 4.79. The van der Waals surface area contributed by atoms with E-state index >= 15 is 0 Å². The normalized spacial score (nSPS) is 10.7. The van der Waals surface area contributed by atoms with E-state index in [1.165, 1.54) is 6.33 Å². The molecule has 2 aromatic heterocycles. The second kappa shape index (κ2) is 4.78. The Balaban J connectivity index is 2.41. The second-order valence-electron chi connectivity index (χ2n) is 3.99. The van der Waals surface area contributed by atoms with Gasteiger partial charge in [0.05, 0.1) is 18.8 Å². The molecule has 0 radical (unpaired) electrons. The summed E-state index contributed by atoms with van der Waals surface area (Å²) in [5.74, 6) is 0.803. The standard InChI is InChI=1S/C11H14N6/c1-8(2)17(5-3-4-12)11-9-10(14-6-13-9)15-7-16-11/h6-8H,3,5H2,1-2H3,(H,13,14,15,16). The molecule has 0 aliphatic carbocycles. The summed E-state index contributed by atoms with van der Waals surface area (Å²) >= 11 is 0. The zero-order valence-corrected chi connectivity index (χ0v) is 9.88. The number of fused-ring (bicyclic) bond motifs is 1. The van der Waals surface area contributed by atoms with Crippen LogP contribution in [-0.2, 0) is 0 Å². The summed E-state index contributed by atoms with van der Waals surface area (Å²) in [5, 5.41) is 8.69. The SMILES string of the molecule is CC(C)N(CCC#N)c1ncnc2nc[nH]c12. The Morgan fingerprint density at radius 1 is 1.41 bits per heavy atom. The third kappa shape index (κ3) is 2.18. The number of nitrogens with one attached hydrogen (secondary N) is 1. The molecule has 0 aliphatic heterocycles. The second-order valence-corrected chi connectivity index (χ2v) is 3.99. The van der Waals surface area contributed by atoms with Crippen molar-refractivity contribution in [3.8, 4) is 6.07 Å². The van der Waals surface area contributed by atoms with Gasteiger partial charge in [0, 0.05) is 12.6 Å². The third-order valence-corrected chi connectivity index (χ3v) is 2.56. The minimum absolute atomic E-state index is 0.268. The Labute approximate surface area is 99.3 Å². The molecule has 0 saturated heterocycles. The van der Waals surface area contributed by atoms with Crippen molar-refractivity contribution < 1.29 is 0 Å². The molecule has 0 saturated carbocycles. The van der Waals surface area contributed by atoms with Gasteiger partial charge in [0.25, 0.3) is 0 Å². The van der Waals surface area contributed by atoms with Crippen LogP contribution in [0, 0.1) is 11.3 Å². The number of imidazole rings is 1. The predicted molar refractivity (Wildman–Crippen MR) is 64.4 cm³/mol. The molecule has 0 unspecified atom stereocenters. The van der Waals surface area contributed by atoms with Gasteiger partial charge in [-0.2, -0.15) is 5.26 Å². The quantitative estimate of drug-likeness (QED) is 0.860. The van der Waals surface area contributed by atoms with E-state index in [4.69, 9.17) is 5.26 Å². The molecule has 0 fully saturated rings. The molecule has 6 heteroatoms. The van der Waals surface area contributed by atoms with Gasteiger partial charge >= 0.3 is 0 Å². The number of H-pyrrole nitrogens is 1. The first-order valence-corrected chi connectivity index (χ1v) is 5.51. The maximum absolute atomic E-state index is 8.69. The lowest BCUT2D eigenvalue weighted by Crippen LogP contribution is -2.32. The summed E-state index contributed by atoms with van der Waals surface area (Å²) in [6.07, 6.45) is 3.57. The van der Waals surface area contributed by atoms with Crippen LogP contribution < -0.4 is 4.90 Å². The highest BCUT2D eigenvalue weighted by Gasteiger charge is 2.16. The zero-order valence-electron chi connectivity index (χ0n) is 9.88. The lowest BCUT2D eigenvalue weighted by Gasteiger charge is -2.26. The van der Waals surface area contributed by atoms with Crippen molar-refractivity contribution in [1.82, 2.24) is 19.9 Å². The van der Waals surface area contributed by atoms with Crippen LogP contribution in [-0.4, -0.2) is 32.5 Å². The molecule has 0 amide bonds. The van der Waals surface area contributed by atoms with Crippen LogP contribution in [0.2, 0.25) is 0 Å². The molecule has 6 nitrogen and oxygen atoms in total. The van der Waals surface area contributed by atoms with Crippen molar-refractivity contribution >= 4 is 17.0 Å². The van der Waals surface area contributed by atoms with Crippen LogP contribution in [0.3, 0.4) is 0 Å². The lowest BCUT2D eigenvalue weighted by atomic mass is 10.2. The number of rotatable bonds is 4. The molecule has 0 spiro atoms. The van der Waals surface area contributed by atoms with Gasteiger partial charge in [-0.1, -0.05) is 0 Å². The first-order chi connectivity index (χ1) is 8.24.